The van der Waals surface area contributed by atoms with Crippen LogP contribution in [-0.4, -0.2) is 18.4 Å². The predicted molar refractivity (Wildman–Crippen MR) is 123 cm³/mol. The Kier molecular flexibility index (Phi) is 6.96. The van der Waals surface area contributed by atoms with Crippen molar-refractivity contribution in [3.8, 4) is 0 Å². The van der Waals surface area contributed by atoms with Gasteiger partial charge in [-0.15, -0.1) is 0 Å². The van der Waals surface area contributed by atoms with Crippen LogP contribution in [0, 0.1) is 17.0 Å². The predicted octanol–water partition coefficient (Wildman–Crippen LogP) is 4.77. The van der Waals surface area contributed by atoms with Crippen LogP contribution in [0.25, 0.3) is 0 Å². The zero-order valence-corrected chi connectivity index (χ0v) is 18.5. The summed E-state index contributed by atoms with van der Waals surface area (Å²) in [5.74, 6) is 0. The second kappa shape index (κ2) is 9.48. The van der Waals surface area contributed by atoms with Crippen molar-refractivity contribution in [2.24, 2.45) is 10.2 Å². The Morgan fingerprint density at radius 1 is 1.13 bits per heavy atom. The first-order valence-corrected chi connectivity index (χ1v) is 11.5. The van der Waals surface area contributed by atoms with Gasteiger partial charge in [0.1, 0.15) is 5.04 Å². The highest BCUT2D eigenvalue weighted by molar-refractivity contribution is 8.14. The Hall–Kier alpha value is -2.92. The zero-order valence-electron chi connectivity index (χ0n) is 16.2. The monoisotopic (exact) mass is 476 g/mol. The van der Waals surface area contributed by atoms with Crippen LogP contribution in [-0.2, 0) is 10.0 Å². The quantitative estimate of drug-likeness (QED) is 0.173. The van der Waals surface area contributed by atoms with Crippen molar-refractivity contribution < 1.29 is 13.3 Å². The van der Waals surface area contributed by atoms with E-state index in [1.807, 2.05) is 30.3 Å². The normalized spacial score (nSPS) is 11.9. The molecule has 0 amide bonds. The van der Waals surface area contributed by atoms with Gasteiger partial charge >= 0.3 is 0 Å². The largest absolute Gasteiger partial charge is 0.277 e. The number of non-ortho nitro benzene ring substituents is 1. The average molecular weight is 477 g/mol. The van der Waals surface area contributed by atoms with E-state index in [9.17, 15) is 18.5 Å². The highest BCUT2D eigenvalue weighted by atomic mass is 35.5. The van der Waals surface area contributed by atoms with E-state index in [4.69, 9.17) is 16.7 Å². The molecule has 160 valence electrons. The minimum atomic E-state index is -4.00. The smallest absolute Gasteiger partial charge is 0.269 e. The van der Waals surface area contributed by atoms with E-state index in [1.165, 1.54) is 36.4 Å². The molecule has 0 saturated carbocycles. The minimum Gasteiger partial charge on any atom is -0.277 e. The Bertz CT molecular complexity index is 1250. The number of halogens is 1. The molecule has 3 N–H and O–H groups in total. The Labute approximate surface area is 188 Å². The number of hydrogen-bond acceptors (Lipinski definition) is 7. The fourth-order valence-corrected chi connectivity index (χ4v) is 4.82. The van der Waals surface area contributed by atoms with Crippen molar-refractivity contribution in [3.05, 3.63) is 93.0 Å². The summed E-state index contributed by atoms with van der Waals surface area (Å²) in [6, 6.07) is 17.8. The zero-order chi connectivity index (χ0) is 22.6. The molecule has 0 aliphatic carbocycles. The van der Waals surface area contributed by atoms with Crippen molar-refractivity contribution >= 4 is 49.8 Å². The van der Waals surface area contributed by atoms with Crippen LogP contribution < -0.4 is 10.6 Å². The first kappa shape index (κ1) is 22.8. The number of nitro benzene ring substituents is 1. The van der Waals surface area contributed by atoms with E-state index in [0.717, 1.165) is 17.3 Å². The summed E-state index contributed by atoms with van der Waals surface area (Å²) in [6.45, 7) is 1.69. The van der Waals surface area contributed by atoms with Crippen LogP contribution >= 0.6 is 23.4 Å². The van der Waals surface area contributed by atoms with Crippen LogP contribution in [0.1, 0.15) is 11.1 Å². The molecular weight excluding hydrogens is 460 g/mol. The molecule has 3 rings (SSSR count). The topological polar surface area (TPSA) is 128 Å². The van der Waals surface area contributed by atoms with Crippen molar-refractivity contribution in [1.29, 1.82) is 0 Å². The Morgan fingerprint density at radius 3 is 2.35 bits per heavy atom. The van der Waals surface area contributed by atoms with E-state index >= 15 is 0 Å². The van der Waals surface area contributed by atoms with Crippen molar-refractivity contribution in [2.75, 3.05) is 5.43 Å². The first-order valence-electron chi connectivity index (χ1n) is 8.79. The summed E-state index contributed by atoms with van der Waals surface area (Å²) in [5.41, 5.74) is 4.63. The molecule has 0 radical (unpaired) electrons. The maximum Gasteiger partial charge on any atom is 0.269 e. The van der Waals surface area contributed by atoms with Crippen LogP contribution in [0.4, 0.5) is 11.4 Å². The number of benzene rings is 3. The van der Waals surface area contributed by atoms with Crippen molar-refractivity contribution in [3.63, 3.8) is 0 Å². The SMILES string of the molecule is Cc1cc(S(N)(=O)=O)c(S/C(=N\Nc2ccc([N+](=O)[O-])cc2)c2ccccc2)cc1Cl. The van der Waals surface area contributed by atoms with Gasteiger partial charge in [-0.2, -0.15) is 5.10 Å². The number of hydrogen-bond donors (Lipinski definition) is 2. The van der Waals surface area contributed by atoms with Crippen LogP contribution in [0.5, 0.6) is 0 Å². The second-order valence-corrected chi connectivity index (χ2v) is 9.36. The Balaban J connectivity index is 2.01. The Morgan fingerprint density at radius 2 is 1.77 bits per heavy atom. The van der Waals surface area contributed by atoms with E-state index in [0.29, 0.717) is 26.2 Å². The molecule has 0 aliphatic rings. The minimum absolute atomic E-state index is 0.0423. The highest BCUT2D eigenvalue weighted by Crippen LogP contribution is 2.34. The van der Waals surface area contributed by atoms with Gasteiger partial charge < -0.3 is 0 Å². The van der Waals surface area contributed by atoms with Gasteiger partial charge in [-0.05, 0) is 36.8 Å². The lowest BCUT2D eigenvalue weighted by Gasteiger charge is -2.12. The molecule has 3 aromatic rings. The number of nitrogens with one attached hydrogen (secondary N) is 1. The number of thioether (sulfide) groups is 1. The van der Waals surface area contributed by atoms with Gasteiger partial charge in [0.25, 0.3) is 5.69 Å². The van der Waals surface area contributed by atoms with Gasteiger partial charge in [-0.25, -0.2) is 13.6 Å². The lowest BCUT2D eigenvalue weighted by atomic mass is 10.2. The van der Waals surface area contributed by atoms with Crippen molar-refractivity contribution in [2.45, 2.75) is 16.7 Å². The second-order valence-electron chi connectivity index (χ2n) is 6.39. The van der Waals surface area contributed by atoms with Gasteiger partial charge in [-0.3, -0.25) is 15.5 Å². The molecule has 0 saturated heterocycles. The molecule has 8 nitrogen and oxygen atoms in total. The van der Waals surface area contributed by atoms with Gasteiger partial charge in [0.15, 0.2) is 0 Å². The van der Waals surface area contributed by atoms with E-state index < -0.39 is 14.9 Å². The molecule has 0 fully saturated rings. The third-order valence-electron chi connectivity index (χ3n) is 4.12. The number of nitro groups is 1. The molecule has 0 spiro atoms. The molecule has 3 aromatic carbocycles. The van der Waals surface area contributed by atoms with Gasteiger partial charge in [0.2, 0.25) is 10.0 Å². The van der Waals surface area contributed by atoms with Gasteiger partial charge in [0.05, 0.1) is 15.5 Å². The van der Waals surface area contributed by atoms with Crippen molar-refractivity contribution in [1.82, 2.24) is 0 Å². The molecule has 0 heterocycles. The maximum absolute atomic E-state index is 12.1. The highest BCUT2D eigenvalue weighted by Gasteiger charge is 2.19. The third-order valence-corrected chi connectivity index (χ3v) is 6.69. The average Bonchev–Trinajstić information content (AvgIpc) is 2.73. The maximum atomic E-state index is 12.1. The molecular formula is C20H17ClN4O4S2. The standard InChI is InChI=1S/C20H17ClN4O4S2/c1-13-11-19(31(22,28)29)18(12-17(13)21)30-20(14-5-3-2-4-6-14)24-23-15-7-9-16(10-8-15)25(26)27/h2-12,23H,1H3,(H2,22,28,29)/b24-20-. The summed E-state index contributed by atoms with van der Waals surface area (Å²) >= 11 is 7.30. The first-order chi connectivity index (χ1) is 14.6. The lowest BCUT2D eigenvalue weighted by molar-refractivity contribution is -0.384. The van der Waals surface area contributed by atoms with Gasteiger partial charge in [-0.1, -0.05) is 53.7 Å². The fourth-order valence-electron chi connectivity index (χ4n) is 2.54. The molecule has 0 bridgehead atoms. The molecule has 0 aromatic heterocycles. The van der Waals surface area contributed by atoms with Crippen LogP contribution in [0.15, 0.2) is 81.6 Å². The summed E-state index contributed by atoms with van der Waals surface area (Å²) in [5, 5.41) is 21.4. The number of rotatable bonds is 6. The summed E-state index contributed by atoms with van der Waals surface area (Å²) in [4.78, 5) is 10.6. The molecule has 31 heavy (non-hydrogen) atoms. The number of sulfonamides is 1. The molecule has 11 heteroatoms. The van der Waals surface area contributed by atoms with E-state index in [1.54, 1.807) is 6.92 Å². The molecule has 0 atom stereocenters. The number of nitrogens with zero attached hydrogens (tertiary/aromatic N) is 2. The number of aryl methyl sites for hydroxylation is 1. The number of hydrazone groups is 1. The lowest BCUT2D eigenvalue weighted by Crippen LogP contribution is -2.14. The summed E-state index contributed by atoms with van der Waals surface area (Å²) in [7, 11) is -4.00. The summed E-state index contributed by atoms with van der Waals surface area (Å²) in [6.07, 6.45) is 0. The number of nitrogens with two attached hydrogens (primary N) is 1. The van der Waals surface area contributed by atoms with Gasteiger partial charge in [0, 0.05) is 27.6 Å². The van der Waals surface area contributed by atoms with Crippen LogP contribution in [0.2, 0.25) is 5.02 Å². The third kappa shape index (κ3) is 5.82. The number of anilines is 1. The van der Waals surface area contributed by atoms with Crippen LogP contribution in [0.3, 0.4) is 0 Å². The molecule has 0 aliphatic heterocycles. The molecule has 0 unspecified atom stereocenters. The van der Waals surface area contributed by atoms with E-state index in [2.05, 4.69) is 10.5 Å². The number of primary sulfonamides is 1. The fraction of sp³-hybridized carbons (Fsp3) is 0.0500. The summed E-state index contributed by atoms with van der Waals surface area (Å²) < 4.78 is 24.2. The van der Waals surface area contributed by atoms with E-state index in [-0.39, 0.29) is 10.6 Å².